The molecule has 88 valence electrons. The summed E-state index contributed by atoms with van der Waals surface area (Å²) in [5.41, 5.74) is 0. The predicted molar refractivity (Wildman–Crippen MR) is 66.0 cm³/mol. The highest BCUT2D eigenvalue weighted by Gasteiger charge is 2.16. The molecule has 2 rings (SSSR count). The van der Waals surface area contributed by atoms with Crippen molar-refractivity contribution in [2.75, 3.05) is 25.6 Å². The van der Waals surface area contributed by atoms with Gasteiger partial charge in [-0.15, -0.1) is 11.8 Å². The number of anilines is 1. The van der Waals surface area contributed by atoms with Crippen molar-refractivity contribution in [1.82, 2.24) is 9.97 Å². The number of aryl methyl sites for hydroxylation is 1. The molecule has 0 unspecified atom stereocenters. The van der Waals surface area contributed by atoms with Gasteiger partial charge in [-0.25, -0.2) is 9.97 Å². The summed E-state index contributed by atoms with van der Waals surface area (Å²) in [7, 11) is 1.88. The van der Waals surface area contributed by atoms with Crippen LogP contribution in [0.1, 0.15) is 18.7 Å². The number of hydrogen-bond donors (Lipinski definition) is 1. The Morgan fingerprint density at radius 3 is 2.81 bits per heavy atom. The number of nitrogens with zero attached hydrogens (tertiary/aromatic N) is 2. The summed E-state index contributed by atoms with van der Waals surface area (Å²) in [6.07, 6.45) is 2.23. The van der Waals surface area contributed by atoms with Gasteiger partial charge in [-0.3, -0.25) is 0 Å². The second kappa shape index (κ2) is 5.50. The fourth-order valence-electron chi connectivity index (χ4n) is 1.69. The zero-order valence-electron chi connectivity index (χ0n) is 9.69. The van der Waals surface area contributed by atoms with E-state index in [0.717, 1.165) is 42.7 Å². The molecule has 1 aliphatic heterocycles. The van der Waals surface area contributed by atoms with E-state index in [-0.39, 0.29) is 0 Å². The van der Waals surface area contributed by atoms with Crippen molar-refractivity contribution in [3.05, 3.63) is 11.9 Å². The van der Waals surface area contributed by atoms with Gasteiger partial charge in [0, 0.05) is 31.6 Å². The van der Waals surface area contributed by atoms with E-state index in [1.807, 2.05) is 31.8 Å². The molecule has 5 heteroatoms. The molecule has 1 aromatic heterocycles. The van der Waals surface area contributed by atoms with Crippen LogP contribution in [-0.2, 0) is 4.74 Å². The number of thioether (sulfide) groups is 1. The lowest BCUT2D eigenvalue weighted by Gasteiger charge is -2.21. The minimum Gasteiger partial charge on any atom is -0.381 e. The van der Waals surface area contributed by atoms with E-state index < -0.39 is 0 Å². The molecule has 1 saturated heterocycles. The molecule has 1 fully saturated rings. The van der Waals surface area contributed by atoms with E-state index in [9.17, 15) is 0 Å². The molecule has 16 heavy (non-hydrogen) atoms. The molecular weight excluding hydrogens is 222 g/mol. The number of aromatic nitrogens is 2. The third-order valence-corrected chi connectivity index (χ3v) is 3.78. The highest BCUT2D eigenvalue weighted by Crippen LogP contribution is 2.29. The first-order valence-corrected chi connectivity index (χ1v) is 6.44. The first kappa shape index (κ1) is 11.7. The highest BCUT2D eigenvalue weighted by molar-refractivity contribution is 7.99. The zero-order chi connectivity index (χ0) is 11.4. The van der Waals surface area contributed by atoms with Crippen LogP contribution in [0.15, 0.2) is 11.1 Å². The Kier molecular flexibility index (Phi) is 4.01. The maximum atomic E-state index is 5.35. The second-order valence-corrected chi connectivity index (χ2v) is 5.14. The Morgan fingerprint density at radius 2 is 2.12 bits per heavy atom. The molecule has 0 amide bonds. The molecule has 1 aromatic rings. The van der Waals surface area contributed by atoms with Crippen molar-refractivity contribution in [2.24, 2.45) is 0 Å². The smallest absolute Gasteiger partial charge is 0.130 e. The van der Waals surface area contributed by atoms with E-state index in [2.05, 4.69) is 15.3 Å². The summed E-state index contributed by atoms with van der Waals surface area (Å²) < 4.78 is 5.35. The highest BCUT2D eigenvalue weighted by atomic mass is 32.2. The van der Waals surface area contributed by atoms with Crippen LogP contribution < -0.4 is 5.32 Å². The number of nitrogens with one attached hydrogen (secondary N) is 1. The van der Waals surface area contributed by atoms with E-state index in [4.69, 9.17) is 4.74 Å². The Balaban J connectivity index is 2.04. The second-order valence-electron chi connectivity index (χ2n) is 3.82. The van der Waals surface area contributed by atoms with Crippen LogP contribution in [0, 0.1) is 6.92 Å². The van der Waals surface area contributed by atoms with Gasteiger partial charge in [0.05, 0.1) is 0 Å². The van der Waals surface area contributed by atoms with Gasteiger partial charge in [-0.1, -0.05) is 0 Å². The fourth-order valence-corrected chi connectivity index (χ4v) is 2.83. The van der Waals surface area contributed by atoms with Gasteiger partial charge in [0.25, 0.3) is 0 Å². The Morgan fingerprint density at radius 1 is 1.38 bits per heavy atom. The molecule has 0 spiro atoms. The summed E-state index contributed by atoms with van der Waals surface area (Å²) >= 11 is 1.84. The molecule has 1 aliphatic rings. The molecule has 0 radical (unpaired) electrons. The normalized spacial score (nSPS) is 17.4. The van der Waals surface area contributed by atoms with Crippen molar-refractivity contribution in [2.45, 2.75) is 30.0 Å². The van der Waals surface area contributed by atoms with Crippen LogP contribution in [0.3, 0.4) is 0 Å². The molecule has 2 heterocycles. The van der Waals surface area contributed by atoms with Gasteiger partial charge >= 0.3 is 0 Å². The molecule has 4 nitrogen and oxygen atoms in total. The number of hydrogen-bond acceptors (Lipinski definition) is 5. The van der Waals surface area contributed by atoms with Gasteiger partial charge in [0.15, 0.2) is 0 Å². The monoisotopic (exact) mass is 239 g/mol. The molecular formula is C11H17N3OS. The average Bonchev–Trinajstić information content (AvgIpc) is 2.29. The van der Waals surface area contributed by atoms with Gasteiger partial charge in [-0.05, 0) is 19.8 Å². The van der Waals surface area contributed by atoms with Crippen LogP contribution in [0.25, 0.3) is 0 Å². The van der Waals surface area contributed by atoms with Crippen molar-refractivity contribution in [3.8, 4) is 0 Å². The Hall–Kier alpha value is -0.810. The predicted octanol–water partition coefficient (Wildman–Crippen LogP) is 2.10. The molecule has 0 bridgehead atoms. The molecule has 0 aliphatic carbocycles. The standard InChI is InChI=1S/C11H17N3OS/c1-8-13-10(12-2)7-11(14-8)16-9-3-5-15-6-4-9/h7,9H,3-6H2,1-2H3,(H,12,13,14). The lowest BCUT2D eigenvalue weighted by atomic mass is 10.2. The molecule has 0 atom stereocenters. The SMILES string of the molecule is CNc1cc(SC2CCOCC2)nc(C)n1. The van der Waals surface area contributed by atoms with Crippen LogP contribution in [-0.4, -0.2) is 35.5 Å². The van der Waals surface area contributed by atoms with E-state index in [0.29, 0.717) is 5.25 Å². The quantitative estimate of drug-likeness (QED) is 0.818. The van der Waals surface area contributed by atoms with Crippen LogP contribution in [0.2, 0.25) is 0 Å². The summed E-state index contributed by atoms with van der Waals surface area (Å²) in [5.74, 6) is 1.71. The van der Waals surface area contributed by atoms with Crippen molar-refractivity contribution >= 4 is 17.6 Å². The van der Waals surface area contributed by atoms with Crippen molar-refractivity contribution < 1.29 is 4.74 Å². The van der Waals surface area contributed by atoms with E-state index in [1.54, 1.807) is 0 Å². The summed E-state index contributed by atoms with van der Waals surface area (Å²) in [5, 5.41) is 4.75. The van der Waals surface area contributed by atoms with Crippen LogP contribution in [0.4, 0.5) is 5.82 Å². The Bertz CT molecular complexity index is 353. The molecule has 1 N–H and O–H groups in total. The minimum atomic E-state index is 0.632. The van der Waals surface area contributed by atoms with Crippen molar-refractivity contribution in [1.29, 1.82) is 0 Å². The topological polar surface area (TPSA) is 47.0 Å². The lowest BCUT2D eigenvalue weighted by molar-refractivity contribution is 0.1000. The maximum Gasteiger partial charge on any atom is 0.130 e. The molecule has 0 saturated carbocycles. The first-order valence-electron chi connectivity index (χ1n) is 5.56. The van der Waals surface area contributed by atoms with Gasteiger partial charge in [-0.2, -0.15) is 0 Å². The maximum absolute atomic E-state index is 5.35. The van der Waals surface area contributed by atoms with E-state index in [1.165, 1.54) is 0 Å². The average molecular weight is 239 g/mol. The van der Waals surface area contributed by atoms with Crippen molar-refractivity contribution in [3.63, 3.8) is 0 Å². The first-order chi connectivity index (χ1) is 7.78. The third kappa shape index (κ3) is 3.09. The van der Waals surface area contributed by atoms with Crippen LogP contribution >= 0.6 is 11.8 Å². The molecule has 0 aromatic carbocycles. The minimum absolute atomic E-state index is 0.632. The van der Waals surface area contributed by atoms with Crippen LogP contribution in [0.5, 0.6) is 0 Å². The Labute approximate surface area is 100 Å². The van der Waals surface area contributed by atoms with Gasteiger partial charge < -0.3 is 10.1 Å². The largest absolute Gasteiger partial charge is 0.381 e. The van der Waals surface area contributed by atoms with Gasteiger partial charge in [0.2, 0.25) is 0 Å². The fraction of sp³-hybridized carbons (Fsp3) is 0.636. The number of ether oxygens (including phenoxy) is 1. The lowest BCUT2D eigenvalue weighted by Crippen LogP contribution is -2.17. The van der Waals surface area contributed by atoms with Gasteiger partial charge in [0.1, 0.15) is 16.7 Å². The summed E-state index contributed by atoms with van der Waals surface area (Å²) in [6.45, 7) is 3.68. The third-order valence-electron chi connectivity index (χ3n) is 2.53. The number of rotatable bonds is 3. The van der Waals surface area contributed by atoms with E-state index >= 15 is 0 Å². The zero-order valence-corrected chi connectivity index (χ0v) is 10.5. The summed E-state index contributed by atoms with van der Waals surface area (Å²) in [4.78, 5) is 8.73. The summed E-state index contributed by atoms with van der Waals surface area (Å²) in [6, 6.07) is 2.01.